The van der Waals surface area contributed by atoms with Crippen LogP contribution >= 0.6 is 0 Å². The minimum Gasteiger partial charge on any atom is -0.480 e. The molecule has 0 bridgehead atoms. The molecule has 2 fully saturated rings. The molecule has 9 heteroatoms. The zero-order chi connectivity index (χ0) is 19.3. The van der Waals surface area contributed by atoms with Gasteiger partial charge < -0.3 is 31.1 Å². The first-order valence-electron chi connectivity index (χ1n) is 9.64. The Hall–Kier alpha value is -1.16. The smallest absolute Gasteiger partial charge is 0.451 e. The molecule has 1 unspecified atom stereocenters. The highest BCUT2D eigenvalue weighted by atomic mass is 16.4. The lowest BCUT2D eigenvalue weighted by Crippen LogP contribution is -2.60. The summed E-state index contributed by atoms with van der Waals surface area (Å²) in [5.74, 6) is -0.970. The number of fused-ring (bicyclic) bond motifs is 1. The molecule has 0 saturated carbocycles. The number of hydrogen-bond acceptors (Lipinski definition) is 6. The van der Waals surface area contributed by atoms with E-state index in [9.17, 15) is 14.7 Å². The van der Waals surface area contributed by atoms with Gasteiger partial charge in [0, 0.05) is 18.5 Å². The Morgan fingerprint density at radius 2 is 2.04 bits per heavy atom. The van der Waals surface area contributed by atoms with Crippen molar-refractivity contribution in [2.45, 2.75) is 69.9 Å². The summed E-state index contributed by atoms with van der Waals surface area (Å²) in [6.07, 6.45) is 3.37. The van der Waals surface area contributed by atoms with E-state index in [-0.39, 0.29) is 30.1 Å². The van der Waals surface area contributed by atoms with Crippen LogP contribution in [-0.2, 0) is 9.59 Å². The van der Waals surface area contributed by atoms with E-state index < -0.39 is 24.7 Å². The standard InChI is InChI=1S/C17H32BN3O5/c1-11(2)9-13(15(22)23)21-16(24)17(6-3-4-7-18(25)26)12-5-8-19-14(12)10-20-17/h11-14,19-20,25-26H,3-10H2,1-2H3,(H,21,24)(H,22,23)/t12-,13?,14-,17+/m0/s1. The SMILES string of the molecule is CC(C)CC(NC(=O)[C@]1(CCCCB(O)O)NC[C@@H]2NCC[C@@H]21)C(=O)O. The van der Waals surface area contributed by atoms with E-state index in [4.69, 9.17) is 10.0 Å². The number of carbonyl (C=O) groups is 2. The minimum absolute atomic E-state index is 0.120. The van der Waals surface area contributed by atoms with Gasteiger partial charge in [-0.05, 0) is 38.0 Å². The Morgan fingerprint density at radius 1 is 1.31 bits per heavy atom. The topological polar surface area (TPSA) is 131 Å². The van der Waals surface area contributed by atoms with Crippen molar-refractivity contribution in [1.29, 1.82) is 0 Å². The van der Waals surface area contributed by atoms with Crippen LogP contribution in [0.1, 0.15) is 46.0 Å². The number of carboxylic acids is 1. The van der Waals surface area contributed by atoms with Crippen molar-refractivity contribution < 1.29 is 24.7 Å². The third kappa shape index (κ3) is 4.97. The molecule has 2 aliphatic heterocycles. The van der Waals surface area contributed by atoms with E-state index in [1.807, 2.05) is 13.8 Å². The van der Waals surface area contributed by atoms with Gasteiger partial charge in [0.15, 0.2) is 0 Å². The lowest BCUT2D eigenvalue weighted by molar-refractivity contribution is -0.143. The Labute approximate surface area is 155 Å². The fourth-order valence-corrected chi connectivity index (χ4v) is 4.34. The summed E-state index contributed by atoms with van der Waals surface area (Å²) in [5.41, 5.74) is -0.792. The molecule has 0 radical (unpaired) electrons. The van der Waals surface area contributed by atoms with Crippen molar-refractivity contribution in [3.63, 3.8) is 0 Å². The molecule has 2 saturated heterocycles. The molecule has 6 N–H and O–H groups in total. The number of rotatable bonds is 10. The molecule has 8 nitrogen and oxygen atoms in total. The lowest BCUT2D eigenvalue weighted by Gasteiger charge is -2.35. The maximum atomic E-state index is 13.2. The summed E-state index contributed by atoms with van der Waals surface area (Å²) in [5, 5.41) is 37.0. The van der Waals surface area contributed by atoms with Gasteiger partial charge in [-0.2, -0.15) is 0 Å². The first kappa shape index (κ1) is 21.1. The lowest BCUT2D eigenvalue weighted by atomic mass is 9.76. The highest BCUT2D eigenvalue weighted by Crippen LogP contribution is 2.37. The largest absolute Gasteiger partial charge is 0.480 e. The third-order valence-electron chi connectivity index (χ3n) is 5.62. The van der Waals surface area contributed by atoms with Gasteiger partial charge in [-0.15, -0.1) is 0 Å². The highest BCUT2D eigenvalue weighted by Gasteiger charge is 2.54. The molecular weight excluding hydrogens is 337 g/mol. The highest BCUT2D eigenvalue weighted by molar-refractivity contribution is 6.40. The summed E-state index contributed by atoms with van der Waals surface area (Å²) in [6.45, 7) is 5.41. The number of hydrogen-bond donors (Lipinski definition) is 6. The Morgan fingerprint density at radius 3 is 2.65 bits per heavy atom. The maximum Gasteiger partial charge on any atom is 0.451 e. The predicted octanol–water partition coefficient (Wildman–Crippen LogP) is -0.435. The summed E-state index contributed by atoms with van der Waals surface area (Å²) in [4.78, 5) is 24.7. The normalized spacial score (nSPS) is 28.8. The predicted molar refractivity (Wildman–Crippen MR) is 98.5 cm³/mol. The van der Waals surface area contributed by atoms with Gasteiger partial charge >= 0.3 is 13.1 Å². The summed E-state index contributed by atoms with van der Waals surface area (Å²) < 4.78 is 0. The zero-order valence-corrected chi connectivity index (χ0v) is 15.7. The summed E-state index contributed by atoms with van der Waals surface area (Å²) >= 11 is 0. The van der Waals surface area contributed by atoms with Crippen molar-refractivity contribution in [3.05, 3.63) is 0 Å². The summed E-state index contributed by atoms with van der Waals surface area (Å²) in [7, 11) is -1.33. The molecule has 2 heterocycles. The van der Waals surface area contributed by atoms with Gasteiger partial charge in [0.05, 0.1) is 0 Å². The maximum absolute atomic E-state index is 13.2. The van der Waals surface area contributed by atoms with Crippen LogP contribution in [0.2, 0.25) is 6.32 Å². The number of carbonyl (C=O) groups excluding carboxylic acids is 1. The second-order valence-corrected chi connectivity index (χ2v) is 8.03. The fourth-order valence-electron chi connectivity index (χ4n) is 4.34. The Bertz CT molecular complexity index is 505. The van der Waals surface area contributed by atoms with E-state index in [1.165, 1.54) is 0 Å². The Kier molecular flexibility index (Phi) is 7.46. The second-order valence-electron chi connectivity index (χ2n) is 8.03. The average Bonchev–Trinajstić information content (AvgIpc) is 3.13. The van der Waals surface area contributed by atoms with Crippen LogP contribution in [0.3, 0.4) is 0 Å². The second kappa shape index (κ2) is 9.17. The van der Waals surface area contributed by atoms with Crippen molar-refractivity contribution in [2.24, 2.45) is 11.8 Å². The van der Waals surface area contributed by atoms with Gasteiger partial charge in [-0.1, -0.05) is 26.7 Å². The molecule has 2 aliphatic rings. The molecule has 0 aromatic carbocycles. The minimum atomic E-state index is -1.33. The molecule has 0 aromatic rings. The number of unbranched alkanes of at least 4 members (excludes halogenated alkanes) is 1. The first-order chi connectivity index (χ1) is 12.3. The van der Waals surface area contributed by atoms with Gasteiger partial charge in [-0.3, -0.25) is 4.79 Å². The van der Waals surface area contributed by atoms with Gasteiger partial charge in [0.25, 0.3) is 0 Å². The van der Waals surface area contributed by atoms with Crippen molar-refractivity contribution in [2.75, 3.05) is 13.1 Å². The Balaban J connectivity index is 2.09. The van der Waals surface area contributed by atoms with Crippen LogP contribution < -0.4 is 16.0 Å². The number of amides is 1. The van der Waals surface area contributed by atoms with Crippen LogP contribution in [0.25, 0.3) is 0 Å². The quantitative estimate of drug-likeness (QED) is 0.227. The van der Waals surface area contributed by atoms with Crippen LogP contribution in [0.15, 0.2) is 0 Å². The van der Waals surface area contributed by atoms with Crippen LogP contribution in [-0.4, -0.2) is 64.9 Å². The van der Waals surface area contributed by atoms with Crippen molar-refractivity contribution in [3.8, 4) is 0 Å². The molecular formula is C17H32BN3O5. The van der Waals surface area contributed by atoms with E-state index in [0.717, 1.165) is 13.0 Å². The van der Waals surface area contributed by atoms with E-state index >= 15 is 0 Å². The number of carboxylic acid groups (broad SMARTS) is 1. The first-order valence-corrected chi connectivity index (χ1v) is 9.64. The third-order valence-corrected chi connectivity index (χ3v) is 5.62. The van der Waals surface area contributed by atoms with E-state index in [0.29, 0.717) is 32.2 Å². The molecule has 1 amide bonds. The molecule has 0 aliphatic carbocycles. The van der Waals surface area contributed by atoms with Crippen molar-refractivity contribution >= 4 is 19.0 Å². The molecule has 148 valence electrons. The van der Waals surface area contributed by atoms with Gasteiger partial charge in [0.2, 0.25) is 5.91 Å². The molecule has 26 heavy (non-hydrogen) atoms. The number of nitrogens with one attached hydrogen (secondary N) is 3. The average molecular weight is 369 g/mol. The number of aliphatic carboxylic acids is 1. The molecule has 0 aromatic heterocycles. The monoisotopic (exact) mass is 369 g/mol. The summed E-state index contributed by atoms with van der Waals surface area (Å²) in [6, 6.07) is -0.675. The molecule has 2 rings (SSSR count). The van der Waals surface area contributed by atoms with Crippen LogP contribution in [0, 0.1) is 11.8 Å². The molecule has 0 spiro atoms. The molecule has 4 atom stereocenters. The fraction of sp³-hybridized carbons (Fsp3) is 0.882. The van der Waals surface area contributed by atoms with Gasteiger partial charge in [-0.25, -0.2) is 4.79 Å². The van der Waals surface area contributed by atoms with E-state index in [1.54, 1.807) is 0 Å². The van der Waals surface area contributed by atoms with Crippen LogP contribution in [0.4, 0.5) is 0 Å². The van der Waals surface area contributed by atoms with Crippen LogP contribution in [0.5, 0.6) is 0 Å². The van der Waals surface area contributed by atoms with Crippen molar-refractivity contribution in [1.82, 2.24) is 16.0 Å². The zero-order valence-electron chi connectivity index (χ0n) is 15.7. The van der Waals surface area contributed by atoms with E-state index in [2.05, 4.69) is 16.0 Å². The van der Waals surface area contributed by atoms with Gasteiger partial charge in [0.1, 0.15) is 11.6 Å².